The molecule has 0 aliphatic heterocycles. The zero-order valence-electron chi connectivity index (χ0n) is 15.9. The van der Waals surface area contributed by atoms with Gasteiger partial charge in [0.1, 0.15) is 0 Å². The number of aromatic nitrogens is 2. The summed E-state index contributed by atoms with van der Waals surface area (Å²) in [5, 5.41) is 4.31. The SMILES string of the molecule is Cc1c(C)n(C)c2ccc(C(=O)Nc3nc4ccc(S(C)(=O)=O)cc4s3)cc12. The summed E-state index contributed by atoms with van der Waals surface area (Å²) in [6.07, 6.45) is 1.17. The second-order valence-corrected chi connectivity index (χ2v) is 9.92. The predicted octanol–water partition coefficient (Wildman–Crippen LogP) is 4.06. The molecule has 0 bridgehead atoms. The number of fused-ring (bicyclic) bond motifs is 2. The van der Waals surface area contributed by atoms with Crippen molar-refractivity contribution < 1.29 is 13.2 Å². The van der Waals surface area contributed by atoms with Crippen LogP contribution in [0.5, 0.6) is 0 Å². The first-order chi connectivity index (χ1) is 13.1. The van der Waals surface area contributed by atoms with E-state index in [1.54, 1.807) is 18.2 Å². The Morgan fingerprint density at radius 2 is 1.89 bits per heavy atom. The summed E-state index contributed by atoms with van der Waals surface area (Å²) in [7, 11) is -1.28. The minimum Gasteiger partial charge on any atom is -0.348 e. The number of benzene rings is 2. The highest BCUT2D eigenvalue weighted by atomic mass is 32.2. The quantitative estimate of drug-likeness (QED) is 0.549. The Bertz CT molecular complexity index is 1360. The average molecular weight is 414 g/mol. The van der Waals surface area contributed by atoms with E-state index in [0.29, 0.717) is 20.9 Å². The summed E-state index contributed by atoms with van der Waals surface area (Å²) in [5.41, 5.74) is 4.61. The van der Waals surface area contributed by atoms with Gasteiger partial charge in [0.05, 0.1) is 15.1 Å². The number of rotatable bonds is 3. The molecular formula is C20H19N3O3S2. The Labute approximate surface area is 166 Å². The van der Waals surface area contributed by atoms with E-state index in [4.69, 9.17) is 0 Å². The third-order valence-corrected chi connectivity index (χ3v) is 7.12. The van der Waals surface area contributed by atoms with Crippen LogP contribution in [0.15, 0.2) is 41.3 Å². The van der Waals surface area contributed by atoms with Crippen molar-refractivity contribution in [1.82, 2.24) is 9.55 Å². The van der Waals surface area contributed by atoms with Crippen LogP contribution >= 0.6 is 11.3 Å². The van der Waals surface area contributed by atoms with Gasteiger partial charge >= 0.3 is 0 Å². The molecule has 2 aromatic carbocycles. The van der Waals surface area contributed by atoms with E-state index in [1.165, 1.54) is 29.4 Å². The number of nitrogens with zero attached hydrogens (tertiary/aromatic N) is 2. The Hall–Kier alpha value is -2.71. The fourth-order valence-corrected chi connectivity index (χ4v) is 4.88. The normalized spacial score (nSPS) is 12.0. The smallest absolute Gasteiger partial charge is 0.257 e. The number of anilines is 1. The van der Waals surface area contributed by atoms with Crippen LogP contribution in [0.3, 0.4) is 0 Å². The molecule has 0 saturated carbocycles. The highest BCUT2D eigenvalue weighted by Gasteiger charge is 2.15. The van der Waals surface area contributed by atoms with Gasteiger partial charge in [0.2, 0.25) is 0 Å². The summed E-state index contributed by atoms with van der Waals surface area (Å²) in [5.74, 6) is -0.245. The highest BCUT2D eigenvalue weighted by molar-refractivity contribution is 7.90. The fraction of sp³-hybridized carbons (Fsp3) is 0.200. The summed E-state index contributed by atoms with van der Waals surface area (Å²) in [6, 6.07) is 10.4. The second kappa shape index (κ2) is 6.42. The van der Waals surface area contributed by atoms with E-state index in [9.17, 15) is 13.2 Å². The fourth-order valence-electron chi connectivity index (χ4n) is 3.26. The van der Waals surface area contributed by atoms with Crippen molar-refractivity contribution in [3.05, 3.63) is 53.2 Å². The summed E-state index contributed by atoms with van der Waals surface area (Å²) in [6.45, 7) is 4.10. The number of amides is 1. The minimum absolute atomic E-state index is 0.238. The lowest BCUT2D eigenvalue weighted by Gasteiger charge is -2.03. The van der Waals surface area contributed by atoms with Crippen LogP contribution < -0.4 is 5.32 Å². The molecule has 1 N–H and O–H groups in total. The van der Waals surface area contributed by atoms with Crippen LogP contribution in [-0.4, -0.2) is 30.1 Å². The maximum atomic E-state index is 12.7. The van der Waals surface area contributed by atoms with Gasteiger partial charge in [-0.15, -0.1) is 0 Å². The van der Waals surface area contributed by atoms with Gasteiger partial charge in [-0.05, 0) is 55.8 Å². The van der Waals surface area contributed by atoms with Gasteiger partial charge in [0.15, 0.2) is 15.0 Å². The van der Waals surface area contributed by atoms with Gasteiger partial charge in [-0.1, -0.05) is 11.3 Å². The third kappa shape index (κ3) is 3.08. The molecule has 144 valence electrons. The number of carbonyl (C=O) groups is 1. The van der Waals surface area contributed by atoms with E-state index < -0.39 is 9.84 Å². The molecule has 0 radical (unpaired) electrons. The van der Waals surface area contributed by atoms with Gasteiger partial charge in [0, 0.05) is 35.5 Å². The average Bonchev–Trinajstić information content (AvgIpc) is 3.14. The van der Waals surface area contributed by atoms with E-state index in [0.717, 1.165) is 16.5 Å². The van der Waals surface area contributed by atoms with E-state index >= 15 is 0 Å². The molecule has 0 atom stereocenters. The first-order valence-corrected chi connectivity index (χ1v) is 11.3. The van der Waals surface area contributed by atoms with Gasteiger partial charge in [-0.2, -0.15) is 0 Å². The second-order valence-electron chi connectivity index (χ2n) is 6.88. The standard InChI is InChI=1S/C20H19N3O3S2/c1-11-12(2)23(3)17-8-5-13(9-15(11)17)19(24)22-20-21-16-7-6-14(28(4,25)26)10-18(16)27-20/h5-10H,1-4H3,(H,21,22,24). The predicted molar refractivity (Wildman–Crippen MR) is 113 cm³/mol. The van der Waals surface area contributed by atoms with Crippen molar-refractivity contribution >= 4 is 53.3 Å². The zero-order valence-corrected chi connectivity index (χ0v) is 17.5. The van der Waals surface area contributed by atoms with Gasteiger partial charge in [0.25, 0.3) is 5.91 Å². The first-order valence-electron chi connectivity index (χ1n) is 8.63. The highest BCUT2D eigenvalue weighted by Crippen LogP contribution is 2.29. The van der Waals surface area contributed by atoms with Crippen molar-refractivity contribution in [2.24, 2.45) is 7.05 Å². The van der Waals surface area contributed by atoms with Crippen molar-refractivity contribution in [2.75, 3.05) is 11.6 Å². The molecule has 0 spiro atoms. The molecule has 4 rings (SSSR count). The molecule has 28 heavy (non-hydrogen) atoms. The Kier molecular flexibility index (Phi) is 4.28. The van der Waals surface area contributed by atoms with Crippen molar-refractivity contribution in [1.29, 1.82) is 0 Å². The molecule has 8 heteroatoms. The van der Waals surface area contributed by atoms with Crippen molar-refractivity contribution in [3.63, 3.8) is 0 Å². The molecule has 2 aromatic heterocycles. The lowest BCUT2D eigenvalue weighted by Crippen LogP contribution is -2.11. The summed E-state index contributed by atoms with van der Waals surface area (Å²) in [4.78, 5) is 17.3. The zero-order chi connectivity index (χ0) is 20.2. The molecule has 0 unspecified atom stereocenters. The maximum Gasteiger partial charge on any atom is 0.257 e. The van der Waals surface area contributed by atoms with Crippen LogP contribution in [0.1, 0.15) is 21.6 Å². The van der Waals surface area contributed by atoms with Crippen LogP contribution in [0.4, 0.5) is 5.13 Å². The van der Waals surface area contributed by atoms with Crippen LogP contribution in [0.25, 0.3) is 21.1 Å². The molecule has 2 heterocycles. The number of carbonyl (C=O) groups excluding carboxylic acids is 1. The molecule has 6 nitrogen and oxygen atoms in total. The largest absolute Gasteiger partial charge is 0.348 e. The third-order valence-electron chi connectivity index (χ3n) is 5.08. The number of nitrogens with one attached hydrogen (secondary N) is 1. The number of thiazole rings is 1. The van der Waals surface area contributed by atoms with Crippen LogP contribution in [0, 0.1) is 13.8 Å². The summed E-state index contributed by atoms with van der Waals surface area (Å²) >= 11 is 1.25. The van der Waals surface area contributed by atoms with E-state index in [2.05, 4.69) is 21.8 Å². The number of sulfone groups is 1. The Morgan fingerprint density at radius 1 is 1.14 bits per heavy atom. The van der Waals surface area contributed by atoms with E-state index in [-0.39, 0.29) is 10.8 Å². The number of hydrogen-bond acceptors (Lipinski definition) is 5. The minimum atomic E-state index is -3.29. The Balaban J connectivity index is 1.66. The molecule has 1 amide bonds. The van der Waals surface area contributed by atoms with Crippen molar-refractivity contribution in [3.8, 4) is 0 Å². The monoisotopic (exact) mass is 413 g/mol. The lowest BCUT2D eigenvalue weighted by molar-refractivity contribution is 0.102. The topological polar surface area (TPSA) is 81.1 Å². The molecule has 0 aliphatic carbocycles. The lowest BCUT2D eigenvalue weighted by atomic mass is 10.1. The molecule has 0 aliphatic rings. The number of hydrogen-bond donors (Lipinski definition) is 1. The molecular weight excluding hydrogens is 394 g/mol. The maximum absolute atomic E-state index is 12.7. The van der Waals surface area contributed by atoms with Crippen molar-refractivity contribution in [2.45, 2.75) is 18.7 Å². The van der Waals surface area contributed by atoms with Gasteiger partial charge < -0.3 is 4.57 Å². The van der Waals surface area contributed by atoms with Gasteiger partial charge in [-0.3, -0.25) is 10.1 Å². The first kappa shape index (κ1) is 18.6. The van der Waals surface area contributed by atoms with Crippen LogP contribution in [0.2, 0.25) is 0 Å². The van der Waals surface area contributed by atoms with Crippen LogP contribution in [-0.2, 0) is 16.9 Å². The van der Waals surface area contributed by atoms with E-state index in [1.807, 2.05) is 26.1 Å². The Morgan fingerprint density at radius 3 is 2.61 bits per heavy atom. The summed E-state index contributed by atoms with van der Waals surface area (Å²) < 4.78 is 26.3. The molecule has 0 saturated heterocycles. The number of aryl methyl sites for hydroxylation is 2. The molecule has 4 aromatic rings. The van der Waals surface area contributed by atoms with Gasteiger partial charge in [-0.25, -0.2) is 13.4 Å². The molecule has 0 fully saturated rings.